The Kier molecular flexibility index (Phi) is 4.96. The van der Waals surface area contributed by atoms with Gasteiger partial charge in [-0.1, -0.05) is 6.07 Å². The minimum Gasteiger partial charge on any atom is -0.491 e. The monoisotopic (exact) mass is 444 g/mol. The van der Waals surface area contributed by atoms with Gasteiger partial charge in [-0.25, -0.2) is 8.78 Å². The average Bonchev–Trinajstić information content (AvgIpc) is 3.02. The number of hydrogen-bond donors (Lipinski definition) is 1. The summed E-state index contributed by atoms with van der Waals surface area (Å²) in [5.74, 6) is -2.69. The van der Waals surface area contributed by atoms with Crippen molar-refractivity contribution in [1.82, 2.24) is 19.7 Å². The Morgan fingerprint density at radius 2 is 2.06 bits per heavy atom. The first-order chi connectivity index (χ1) is 15.4. The molecule has 3 atom stereocenters. The third-order valence-electron chi connectivity index (χ3n) is 6.50. The summed E-state index contributed by atoms with van der Waals surface area (Å²) in [5.41, 5.74) is -0.680. The number of methoxy groups -OCH3 is 1. The Morgan fingerprint density at radius 1 is 1.25 bits per heavy atom. The number of rotatable bonds is 4. The van der Waals surface area contributed by atoms with Crippen LogP contribution in [0.15, 0.2) is 29.2 Å². The number of nitrogens with zero attached hydrogens (tertiary/aromatic N) is 3. The number of hydrogen-bond acceptors (Lipinski definition) is 5. The van der Waals surface area contributed by atoms with Crippen LogP contribution in [0.5, 0.6) is 5.75 Å². The van der Waals surface area contributed by atoms with E-state index in [0.29, 0.717) is 6.54 Å². The van der Waals surface area contributed by atoms with E-state index < -0.39 is 23.0 Å². The Hall–Kier alpha value is -3.27. The smallest absolute Gasteiger partial charge is 0.276 e. The molecule has 0 saturated carbocycles. The van der Waals surface area contributed by atoms with Crippen LogP contribution in [0.4, 0.5) is 8.78 Å². The van der Waals surface area contributed by atoms with Crippen LogP contribution in [-0.4, -0.2) is 58.6 Å². The highest BCUT2D eigenvalue weighted by Crippen LogP contribution is 2.35. The van der Waals surface area contributed by atoms with Gasteiger partial charge in [-0.15, -0.1) is 0 Å². The molecule has 5 rings (SSSR count). The zero-order chi connectivity index (χ0) is 22.6. The zero-order valence-electron chi connectivity index (χ0n) is 17.4. The third-order valence-corrected chi connectivity index (χ3v) is 6.50. The van der Waals surface area contributed by atoms with Crippen molar-refractivity contribution in [3.05, 3.63) is 63.1 Å². The molecule has 0 radical (unpaired) electrons. The second kappa shape index (κ2) is 7.70. The lowest BCUT2D eigenvalue weighted by molar-refractivity contribution is 0.0484. The van der Waals surface area contributed by atoms with Gasteiger partial charge in [0.25, 0.3) is 11.8 Å². The van der Waals surface area contributed by atoms with Crippen molar-refractivity contribution in [3.8, 4) is 5.75 Å². The van der Waals surface area contributed by atoms with Crippen molar-refractivity contribution in [2.24, 2.45) is 0 Å². The van der Waals surface area contributed by atoms with Gasteiger partial charge in [0, 0.05) is 43.5 Å². The van der Waals surface area contributed by atoms with Gasteiger partial charge >= 0.3 is 0 Å². The number of piperidine rings is 1. The summed E-state index contributed by atoms with van der Waals surface area (Å²) in [6.07, 6.45) is 3.17. The summed E-state index contributed by atoms with van der Waals surface area (Å²) in [6.45, 7) is 1.89. The van der Waals surface area contributed by atoms with Crippen molar-refractivity contribution in [2.45, 2.75) is 38.1 Å². The van der Waals surface area contributed by atoms with E-state index in [1.54, 1.807) is 4.57 Å². The van der Waals surface area contributed by atoms with Gasteiger partial charge in [0.2, 0.25) is 5.43 Å². The van der Waals surface area contributed by atoms with E-state index in [-0.39, 0.29) is 47.2 Å². The van der Waals surface area contributed by atoms with Crippen molar-refractivity contribution in [1.29, 1.82) is 0 Å². The highest BCUT2D eigenvalue weighted by Gasteiger charge is 2.48. The summed E-state index contributed by atoms with van der Waals surface area (Å²) >= 11 is 0. The predicted octanol–water partition coefficient (Wildman–Crippen LogP) is 1.32. The second-order valence-electron chi connectivity index (χ2n) is 8.31. The molecule has 3 aliphatic heterocycles. The van der Waals surface area contributed by atoms with Crippen LogP contribution in [0.1, 0.15) is 39.3 Å². The van der Waals surface area contributed by atoms with Crippen LogP contribution >= 0.6 is 0 Å². The lowest BCUT2D eigenvalue weighted by atomic mass is 10.1. The summed E-state index contributed by atoms with van der Waals surface area (Å²) in [7, 11) is 1.29. The summed E-state index contributed by atoms with van der Waals surface area (Å²) in [5, 5.41) is 2.49. The fourth-order valence-electron chi connectivity index (χ4n) is 4.99. The number of pyridine rings is 1. The SMILES string of the molecule is COc1c2n(cc(C(=O)NCc3ccc(F)cc3F)c1=O)CC1N3CCC[C@@H](C3)N1C2=O. The molecule has 2 aromatic rings. The van der Waals surface area contributed by atoms with Gasteiger partial charge in [-0.2, -0.15) is 0 Å². The minimum absolute atomic E-state index is 0.0848. The van der Waals surface area contributed by atoms with E-state index in [2.05, 4.69) is 10.2 Å². The molecule has 1 aromatic heterocycles. The van der Waals surface area contributed by atoms with Crippen molar-refractivity contribution in [3.63, 3.8) is 0 Å². The number of amides is 2. The Labute approximate surface area is 182 Å². The molecule has 2 amide bonds. The molecule has 2 saturated heterocycles. The molecule has 2 unspecified atom stereocenters. The first kappa shape index (κ1) is 20.6. The summed E-state index contributed by atoms with van der Waals surface area (Å²) < 4.78 is 33.9. The Bertz CT molecular complexity index is 1180. The topological polar surface area (TPSA) is 83.9 Å². The minimum atomic E-state index is -0.794. The van der Waals surface area contributed by atoms with Gasteiger partial charge in [0.05, 0.1) is 13.7 Å². The van der Waals surface area contributed by atoms with Crippen LogP contribution < -0.4 is 15.5 Å². The molecule has 1 aromatic carbocycles. The predicted molar refractivity (Wildman–Crippen MR) is 109 cm³/mol. The van der Waals surface area contributed by atoms with E-state index in [4.69, 9.17) is 4.74 Å². The highest BCUT2D eigenvalue weighted by atomic mass is 19.1. The molecule has 0 spiro atoms. The number of ether oxygens (including phenoxy) is 1. The van der Waals surface area contributed by atoms with Gasteiger partial charge in [-0.05, 0) is 18.9 Å². The molecule has 2 bridgehead atoms. The molecule has 2 fully saturated rings. The number of carbonyl (C=O) groups is 2. The fraction of sp³-hybridized carbons (Fsp3) is 0.409. The lowest BCUT2D eigenvalue weighted by Crippen LogP contribution is -2.51. The number of halogens is 2. The summed E-state index contributed by atoms with van der Waals surface area (Å²) in [6, 6.07) is 3.16. The van der Waals surface area contributed by atoms with Crippen LogP contribution in [0, 0.1) is 11.6 Å². The van der Waals surface area contributed by atoms with E-state index in [1.807, 2.05) is 4.90 Å². The van der Waals surface area contributed by atoms with Crippen molar-refractivity contribution in [2.75, 3.05) is 20.2 Å². The number of aromatic nitrogens is 1. The maximum Gasteiger partial charge on any atom is 0.276 e. The molecule has 3 aliphatic rings. The fourth-order valence-corrected chi connectivity index (χ4v) is 4.99. The molecule has 8 nitrogen and oxygen atoms in total. The van der Waals surface area contributed by atoms with E-state index in [1.165, 1.54) is 19.4 Å². The average molecular weight is 444 g/mol. The van der Waals surface area contributed by atoms with Gasteiger partial charge < -0.3 is 19.5 Å². The van der Waals surface area contributed by atoms with E-state index in [0.717, 1.165) is 38.1 Å². The van der Waals surface area contributed by atoms with Gasteiger partial charge in [0.1, 0.15) is 23.4 Å². The van der Waals surface area contributed by atoms with Crippen molar-refractivity contribution < 1.29 is 23.1 Å². The van der Waals surface area contributed by atoms with Crippen LogP contribution in [-0.2, 0) is 13.1 Å². The molecule has 4 heterocycles. The second-order valence-corrected chi connectivity index (χ2v) is 8.31. The normalized spacial score (nSPS) is 23.5. The van der Waals surface area contributed by atoms with Crippen LogP contribution in [0.25, 0.3) is 0 Å². The molecule has 0 aliphatic carbocycles. The maximum absolute atomic E-state index is 13.9. The maximum atomic E-state index is 13.9. The number of fused-ring (bicyclic) bond motifs is 6. The molecule has 32 heavy (non-hydrogen) atoms. The quantitative estimate of drug-likeness (QED) is 0.769. The van der Waals surface area contributed by atoms with Crippen LogP contribution in [0.3, 0.4) is 0 Å². The Morgan fingerprint density at radius 3 is 2.81 bits per heavy atom. The number of carbonyl (C=O) groups excluding carboxylic acids is 2. The van der Waals surface area contributed by atoms with E-state index >= 15 is 0 Å². The highest BCUT2D eigenvalue weighted by molar-refractivity contribution is 5.99. The first-order valence-corrected chi connectivity index (χ1v) is 10.5. The summed E-state index contributed by atoms with van der Waals surface area (Å²) in [4.78, 5) is 43.2. The molecule has 1 N–H and O–H groups in total. The number of benzene rings is 1. The first-order valence-electron chi connectivity index (χ1n) is 10.5. The van der Waals surface area contributed by atoms with Gasteiger partial charge in [0.15, 0.2) is 11.4 Å². The third kappa shape index (κ3) is 3.17. The van der Waals surface area contributed by atoms with Crippen LogP contribution in [0.2, 0.25) is 0 Å². The van der Waals surface area contributed by atoms with E-state index in [9.17, 15) is 23.2 Å². The molecular formula is C22H22F2N4O4. The largest absolute Gasteiger partial charge is 0.491 e. The standard InChI is InChI=1S/C22H22F2N4O4/c1-32-20-18-22(31)28-14-3-2-6-26(9-14)17(28)11-27(18)10-15(19(20)29)21(30)25-8-12-4-5-13(23)7-16(12)24/h4-5,7,10,14,17H,2-3,6,8-9,11H2,1H3,(H,25,30)/t14-,17?/m0/s1. The Balaban J connectivity index is 1.47. The number of nitrogens with one attached hydrogen (secondary N) is 1. The van der Waals surface area contributed by atoms with Crippen molar-refractivity contribution >= 4 is 11.8 Å². The molecular weight excluding hydrogens is 422 g/mol. The molecule has 10 heteroatoms. The zero-order valence-corrected chi connectivity index (χ0v) is 17.4. The van der Waals surface area contributed by atoms with Gasteiger partial charge in [-0.3, -0.25) is 19.3 Å². The molecule has 168 valence electrons. The lowest BCUT2D eigenvalue weighted by Gasteiger charge is -2.36.